The van der Waals surface area contributed by atoms with Gasteiger partial charge in [-0.3, -0.25) is 4.79 Å². The standard InChI is InChI=1S/C13H18INO2/c1-9(2)7-12(16)8-15-13(17)10-3-5-11(14)6-4-10/h3-6,9,12,16H,7-8H2,1-2H3,(H,15,17). The fourth-order valence-electron chi connectivity index (χ4n) is 1.54. The van der Waals surface area contributed by atoms with E-state index in [4.69, 9.17) is 0 Å². The first kappa shape index (κ1) is 14.4. The summed E-state index contributed by atoms with van der Waals surface area (Å²) >= 11 is 2.19. The Morgan fingerprint density at radius 3 is 2.47 bits per heavy atom. The molecular weight excluding hydrogens is 329 g/mol. The molecule has 94 valence electrons. The molecule has 4 heteroatoms. The lowest BCUT2D eigenvalue weighted by atomic mass is 10.1. The summed E-state index contributed by atoms with van der Waals surface area (Å²) in [6, 6.07) is 7.35. The molecule has 0 saturated carbocycles. The van der Waals surface area contributed by atoms with E-state index in [2.05, 4.69) is 27.9 Å². The zero-order chi connectivity index (χ0) is 12.8. The lowest BCUT2D eigenvalue weighted by Crippen LogP contribution is -2.32. The van der Waals surface area contributed by atoms with Gasteiger partial charge in [-0.15, -0.1) is 0 Å². The van der Waals surface area contributed by atoms with Crippen molar-refractivity contribution in [3.8, 4) is 0 Å². The van der Waals surface area contributed by atoms with Crippen LogP contribution in [0.15, 0.2) is 24.3 Å². The number of aliphatic hydroxyl groups is 1. The summed E-state index contributed by atoms with van der Waals surface area (Å²) in [5.41, 5.74) is 0.627. The first-order valence-electron chi connectivity index (χ1n) is 5.71. The van der Waals surface area contributed by atoms with E-state index in [0.717, 1.165) is 3.57 Å². The molecule has 1 unspecified atom stereocenters. The number of nitrogens with one attached hydrogen (secondary N) is 1. The molecule has 1 amide bonds. The van der Waals surface area contributed by atoms with Crippen molar-refractivity contribution in [3.63, 3.8) is 0 Å². The van der Waals surface area contributed by atoms with Crippen molar-refractivity contribution >= 4 is 28.5 Å². The molecular formula is C13H18INO2. The molecule has 0 aliphatic carbocycles. The SMILES string of the molecule is CC(C)CC(O)CNC(=O)c1ccc(I)cc1. The summed E-state index contributed by atoms with van der Waals surface area (Å²) in [6.45, 7) is 4.40. The molecule has 0 fully saturated rings. The molecule has 1 aromatic carbocycles. The molecule has 0 saturated heterocycles. The maximum Gasteiger partial charge on any atom is 0.251 e. The number of aliphatic hydroxyl groups excluding tert-OH is 1. The van der Waals surface area contributed by atoms with Crippen molar-refractivity contribution in [1.29, 1.82) is 0 Å². The van der Waals surface area contributed by atoms with Gasteiger partial charge in [0.05, 0.1) is 6.10 Å². The number of hydrogen-bond acceptors (Lipinski definition) is 2. The molecule has 1 rings (SSSR count). The number of amides is 1. The maximum atomic E-state index is 11.7. The quantitative estimate of drug-likeness (QED) is 0.804. The second kappa shape index (κ2) is 6.96. The van der Waals surface area contributed by atoms with Crippen molar-refractivity contribution < 1.29 is 9.90 Å². The zero-order valence-corrected chi connectivity index (χ0v) is 12.3. The molecule has 0 spiro atoms. The van der Waals surface area contributed by atoms with Gasteiger partial charge in [-0.25, -0.2) is 0 Å². The Balaban J connectivity index is 2.42. The van der Waals surface area contributed by atoms with Crippen LogP contribution < -0.4 is 5.32 Å². The zero-order valence-electron chi connectivity index (χ0n) is 10.1. The summed E-state index contributed by atoms with van der Waals surface area (Å²) in [7, 11) is 0. The average Bonchev–Trinajstić information content (AvgIpc) is 2.26. The molecule has 17 heavy (non-hydrogen) atoms. The van der Waals surface area contributed by atoms with Gasteiger partial charge in [0, 0.05) is 15.7 Å². The highest BCUT2D eigenvalue weighted by molar-refractivity contribution is 14.1. The third kappa shape index (κ3) is 5.50. The van der Waals surface area contributed by atoms with Crippen LogP contribution in [0.25, 0.3) is 0 Å². The summed E-state index contributed by atoms with van der Waals surface area (Å²) in [6.07, 6.45) is 0.232. The number of halogens is 1. The monoisotopic (exact) mass is 347 g/mol. The van der Waals surface area contributed by atoms with Crippen molar-refractivity contribution in [1.82, 2.24) is 5.32 Å². The van der Waals surface area contributed by atoms with E-state index < -0.39 is 6.10 Å². The largest absolute Gasteiger partial charge is 0.391 e. The minimum atomic E-state index is -0.470. The maximum absolute atomic E-state index is 11.7. The van der Waals surface area contributed by atoms with E-state index in [-0.39, 0.29) is 5.91 Å². The van der Waals surface area contributed by atoms with Gasteiger partial charge in [0.2, 0.25) is 0 Å². The van der Waals surface area contributed by atoms with Crippen LogP contribution >= 0.6 is 22.6 Å². The van der Waals surface area contributed by atoms with Crippen LogP contribution in [0.4, 0.5) is 0 Å². The second-order valence-corrected chi connectivity index (χ2v) is 5.75. The smallest absolute Gasteiger partial charge is 0.251 e. The molecule has 0 bridgehead atoms. The van der Waals surface area contributed by atoms with Crippen LogP contribution in [0, 0.1) is 9.49 Å². The minimum Gasteiger partial charge on any atom is -0.391 e. The van der Waals surface area contributed by atoms with Crippen molar-refractivity contribution in [2.45, 2.75) is 26.4 Å². The van der Waals surface area contributed by atoms with Crippen LogP contribution in [-0.4, -0.2) is 23.7 Å². The van der Waals surface area contributed by atoms with Gasteiger partial charge in [-0.2, -0.15) is 0 Å². The molecule has 3 nitrogen and oxygen atoms in total. The Labute approximate surface area is 116 Å². The van der Waals surface area contributed by atoms with Gasteiger partial charge in [-0.05, 0) is 59.2 Å². The number of carbonyl (C=O) groups is 1. The highest BCUT2D eigenvalue weighted by Gasteiger charge is 2.10. The summed E-state index contributed by atoms with van der Waals surface area (Å²) < 4.78 is 1.10. The highest BCUT2D eigenvalue weighted by atomic mass is 127. The molecule has 0 radical (unpaired) electrons. The molecule has 0 aliphatic rings. The fraction of sp³-hybridized carbons (Fsp3) is 0.462. The number of rotatable bonds is 5. The first-order valence-corrected chi connectivity index (χ1v) is 6.78. The van der Waals surface area contributed by atoms with Crippen molar-refractivity contribution in [2.75, 3.05) is 6.54 Å². The van der Waals surface area contributed by atoms with Gasteiger partial charge in [0.1, 0.15) is 0 Å². The summed E-state index contributed by atoms with van der Waals surface area (Å²) in [5, 5.41) is 12.4. The lowest BCUT2D eigenvalue weighted by molar-refractivity contribution is 0.0900. The Morgan fingerprint density at radius 2 is 1.94 bits per heavy atom. The molecule has 0 aromatic heterocycles. The van der Waals surface area contributed by atoms with Gasteiger partial charge in [0.15, 0.2) is 0 Å². The Bertz CT molecular complexity index is 362. The number of benzene rings is 1. The Hall–Kier alpha value is -0.620. The van der Waals surface area contributed by atoms with Crippen LogP contribution in [0.5, 0.6) is 0 Å². The van der Waals surface area contributed by atoms with Crippen LogP contribution in [-0.2, 0) is 0 Å². The summed E-state index contributed by atoms with van der Waals surface area (Å²) in [4.78, 5) is 11.7. The molecule has 1 atom stereocenters. The minimum absolute atomic E-state index is 0.135. The normalized spacial score (nSPS) is 12.5. The van der Waals surface area contributed by atoms with E-state index in [1.165, 1.54) is 0 Å². The predicted molar refractivity (Wildman–Crippen MR) is 77.0 cm³/mol. The third-order valence-electron chi connectivity index (χ3n) is 2.35. The van der Waals surface area contributed by atoms with E-state index in [9.17, 15) is 9.90 Å². The van der Waals surface area contributed by atoms with Gasteiger partial charge in [-0.1, -0.05) is 13.8 Å². The number of hydrogen-bond donors (Lipinski definition) is 2. The van der Waals surface area contributed by atoms with E-state index in [1.54, 1.807) is 12.1 Å². The predicted octanol–water partition coefficient (Wildman–Crippen LogP) is 2.43. The van der Waals surface area contributed by atoms with Crippen molar-refractivity contribution in [3.05, 3.63) is 33.4 Å². The van der Waals surface area contributed by atoms with Crippen LogP contribution in [0.2, 0.25) is 0 Å². The molecule has 0 aliphatic heterocycles. The highest BCUT2D eigenvalue weighted by Crippen LogP contribution is 2.07. The summed E-state index contributed by atoms with van der Waals surface area (Å²) in [5.74, 6) is 0.296. The van der Waals surface area contributed by atoms with Crippen LogP contribution in [0.1, 0.15) is 30.6 Å². The van der Waals surface area contributed by atoms with Gasteiger partial charge >= 0.3 is 0 Å². The van der Waals surface area contributed by atoms with E-state index in [0.29, 0.717) is 24.4 Å². The Morgan fingerprint density at radius 1 is 1.35 bits per heavy atom. The second-order valence-electron chi connectivity index (χ2n) is 4.50. The van der Waals surface area contributed by atoms with Crippen molar-refractivity contribution in [2.24, 2.45) is 5.92 Å². The Kier molecular flexibility index (Phi) is 5.91. The topological polar surface area (TPSA) is 49.3 Å². The van der Waals surface area contributed by atoms with Gasteiger partial charge in [0.25, 0.3) is 5.91 Å². The van der Waals surface area contributed by atoms with Gasteiger partial charge < -0.3 is 10.4 Å². The fourth-order valence-corrected chi connectivity index (χ4v) is 1.90. The molecule has 2 N–H and O–H groups in total. The number of carbonyl (C=O) groups excluding carboxylic acids is 1. The third-order valence-corrected chi connectivity index (χ3v) is 3.07. The molecule has 1 aromatic rings. The van der Waals surface area contributed by atoms with E-state index in [1.807, 2.05) is 26.0 Å². The lowest BCUT2D eigenvalue weighted by Gasteiger charge is -2.13. The molecule has 0 heterocycles. The average molecular weight is 347 g/mol. The van der Waals surface area contributed by atoms with Crippen LogP contribution in [0.3, 0.4) is 0 Å². The van der Waals surface area contributed by atoms with E-state index >= 15 is 0 Å². The first-order chi connectivity index (χ1) is 7.99.